The van der Waals surface area contributed by atoms with Gasteiger partial charge in [0.2, 0.25) is 0 Å². The van der Waals surface area contributed by atoms with Crippen LogP contribution in [0, 0.1) is 0 Å². The van der Waals surface area contributed by atoms with Crippen molar-refractivity contribution in [2.75, 3.05) is 13.2 Å². The first kappa shape index (κ1) is 18.2. The number of thioether (sulfide) groups is 1. The van der Waals surface area contributed by atoms with Gasteiger partial charge in [0.25, 0.3) is 11.1 Å². The fraction of sp³-hybridized carbons (Fsp3) is 0.111. The Morgan fingerprint density at radius 3 is 2.50 bits per heavy atom. The molecule has 0 atom stereocenters. The molecule has 1 saturated heterocycles. The minimum Gasteiger partial charge on any atom is -0.504 e. The lowest BCUT2D eigenvalue weighted by Gasteiger charge is -2.13. The molecule has 3 rings (SSSR count). The molecule has 6 nitrogen and oxygen atoms in total. The molecule has 0 aromatic heterocycles. The van der Waals surface area contributed by atoms with E-state index in [4.69, 9.17) is 16.3 Å². The summed E-state index contributed by atoms with van der Waals surface area (Å²) in [5.74, 6) is -0.382. The van der Waals surface area contributed by atoms with Crippen molar-refractivity contribution in [3.8, 4) is 17.2 Å². The highest BCUT2D eigenvalue weighted by molar-refractivity contribution is 8.18. The molecule has 0 aliphatic carbocycles. The molecule has 134 valence electrons. The summed E-state index contributed by atoms with van der Waals surface area (Å²) in [5, 5.41) is 19.0. The first-order valence-corrected chi connectivity index (χ1v) is 8.79. The Labute approximate surface area is 158 Å². The third kappa shape index (κ3) is 4.12. The highest BCUT2D eigenvalue weighted by Crippen LogP contribution is 2.33. The number of phenols is 2. The molecule has 26 heavy (non-hydrogen) atoms. The van der Waals surface area contributed by atoms with Gasteiger partial charge >= 0.3 is 0 Å². The van der Waals surface area contributed by atoms with Gasteiger partial charge in [0, 0.05) is 5.02 Å². The molecule has 0 saturated carbocycles. The number of hydrogen-bond donors (Lipinski definition) is 2. The van der Waals surface area contributed by atoms with Gasteiger partial charge in [-0.2, -0.15) is 0 Å². The Bertz CT molecular complexity index is 882. The number of aromatic hydroxyl groups is 2. The summed E-state index contributed by atoms with van der Waals surface area (Å²) < 4.78 is 5.51. The third-order valence-corrected chi connectivity index (χ3v) is 4.73. The van der Waals surface area contributed by atoms with Crippen LogP contribution in [0.3, 0.4) is 0 Å². The van der Waals surface area contributed by atoms with E-state index in [1.807, 2.05) is 0 Å². The van der Waals surface area contributed by atoms with Crippen LogP contribution in [0.4, 0.5) is 4.79 Å². The molecule has 2 aromatic rings. The van der Waals surface area contributed by atoms with Crippen LogP contribution in [0.15, 0.2) is 47.4 Å². The van der Waals surface area contributed by atoms with Gasteiger partial charge in [-0.05, 0) is 59.8 Å². The van der Waals surface area contributed by atoms with Crippen molar-refractivity contribution in [3.05, 3.63) is 58.0 Å². The van der Waals surface area contributed by atoms with E-state index in [2.05, 4.69) is 0 Å². The minimum atomic E-state index is -0.424. The monoisotopic (exact) mass is 391 g/mol. The van der Waals surface area contributed by atoms with Gasteiger partial charge < -0.3 is 14.9 Å². The zero-order valence-corrected chi connectivity index (χ0v) is 15.0. The average Bonchev–Trinajstić information content (AvgIpc) is 2.87. The number of benzene rings is 2. The van der Waals surface area contributed by atoms with Crippen LogP contribution in [0.5, 0.6) is 17.2 Å². The fourth-order valence-corrected chi connectivity index (χ4v) is 3.25. The summed E-state index contributed by atoms with van der Waals surface area (Å²) in [6, 6.07) is 10.9. The predicted octanol–water partition coefficient (Wildman–Crippen LogP) is 3.87. The minimum absolute atomic E-state index is 0.117. The first-order valence-electron chi connectivity index (χ1n) is 7.60. The van der Waals surface area contributed by atoms with Crippen molar-refractivity contribution in [2.24, 2.45) is 0 Å². The van der Waals surface area contributed by atoms with E-state index < -0.39 is 5.91 Å². The van der Waals surface area contributed by atoms with Gasteiger partial charge in [-0.15, -0.1) is 0 Å². The number of halogens is 1. The maximum atomic E-state index is 12.4. The van der Waals surface area contributed by atoms with Crippen molar-refractivity contribution in [2.45, 2.75) is 0 Å². The molecule has 8 heteroatoms. The van der Waals surface area contributed by atoms with Crippen molar-refractivity contribution >= 4 is 40.6 Å². The highest BCUT2D eigenvalue weighted by atomic mass is 35.5. The van der Waals surface area contributed by atoms with Gasteiger partial charge in [0.15, 0.2) is 11.5 Å². The lowest BCUT2D eigenvalue weighted by atomic mass is 10.2. The second-order valence-corrected chi connectivity index (χ2v) is 6.81. The first-order chi connectivity index (χ1) is 12.4. The molecule has 0 unspecified atom stereocenters. The Morgan fingerprint density at radius 2 is 1.81 bits per heavy atom. The largest absolute Gasteiger partial charge is 0.504 e. The Balaban J connectivity index is 1.63. The SMILES string of the molecule is O=C1S/C(=C\c2ccc(O)c(O)c2)C(=O)N1CCOc1ccc(Cl)cc1. The number of imide groups is 1. The molecular formula is C18H14ClNO5S. The zero-order valence-electron chi connectivity index (χ0n) is 13.4. The maximum absolute atomic E-state index is 12.4. The zero-order chi connectivity index (χ0) is 18.7. The standard InChI is InChI=1S/C18H14ClNO5S/c19-12-2-4-13(5-3-12)25-8-7-20-17(23)16(26-18(20)24)10-11-1-6-14(21)15(22)9-11/h1-6,9-10,21-22H,7-8H2/b16-10-. The van der Waals surface area contributed by atoms with Crippen molar-refractivity contribution < 1.29 is 24.5 Å². The van der Waals surface area contributed by atoms with Crippen molar-refractivity contribution in [1.29, 1.82) is 0 Å². The van der Waals surface area contributed by atoms with E-state index in [-0.39, 0.29) is 34.8 Å². The molecule has 2 amide bonds. The van der Waals surface area contributed by atoms with Gasteiger partial charge in [-0.1, -0.05) is 17.7 Å². The van der Waals surface area contributed by atoms with E-state index in [9.17, 15) is 19.8 Å². The van der Waals surface area contributed by atoms with Crippen LogP contribution in [-0.2, 0) is 4.79 Å². The summed E-state index contributed by atoms with van der Waals surface area (Å²) in [6.07, 6.45) is 1.49. The fourth-order valence-electron chi connectivity index (χ4n) is 2.26. The highest BCUT2D eigenvalue weighted by Gasteiger charge is 2.34. The number of rotatable bonds is 5. The molecule has 0 bridgehead atoms. The number of carbonyl (C=O) groups excluding carboxylic acids is 2. The average molecular weight is 392 g/mol. The van der Waals surface area contributed by atoms with Crippen molar-refractivity contribution in [3.63, 3.8) is 0 Å². The number of hydrogen-bond acceptors (Lipinski definition) is 6. The molecule has 1 aliphatic heterocycles. The topological polar surface area (TPSA) is 87.1 Å². The second kappa shape index (κ2) is 7.72. The van der Waals surface area contributed by atoms with E-state index in [1.54, 1.807) is 24.3 Å². The number of phenolic OH excluding ortho intramolecular Hbond substituents is 2. The van der Waals surface area contributed by atoms with Crippen LogP contribution in [-0.4, -0.2) is 39.4 Å². The van der Waals surface area contributed by atoms with Gasteiger partial charge in [0.1, 0.15) is 12.4 Å². The van der Waals surface area contributed by atoms with Crippen LogP contribution in [0.1, 0.15) is 5.56 Å². The van der Waals surface area contributed by atoms with Gasteiger partial charge in [-0.3, -0.25) is 14.5 Å². The molecule has 1 aliphatic rings. The Morgan fingerprint density at radius 1 is 1.08 bits per heavy atom. The summed E-state index contributed by atoms with van der Waals surface area (Å²) in [7, 11) is 0. The quantitative estimate of drug-likeness (QED) is 0.594. The lowest BCUT2D eigenvalue weighted by molar-refractivity contribution is -0.123. The lowest BCUT2D eigenvalue weighted by Crippen LogP contribution is -2.32. The summed E-state index contributed by atoms with van der Waals surface area (Å²) in [4.78, 5) is 25.8. The molecule has 0 spiro atoms. The molecule has 1 fully saturated rings. The molecule has 1 heterocycles. The molecule has 2 N–H and O–H groups in total. The van der Waals surface area contributed by atoms with E-state index in [0.717, 1.165) is 16.7 Å². The number of carbonyl (C=O) groups is 2. The van der Waals surface area contributed by atoms with E-state index in [1.165, 1.54) is 24.3 Å². The normalized spacial score (nSPS) is 15.7. The summed E-state index contributed by atoms with van der Waals surface area (Å²) in [6.45, 7) is 0.276. The Kier molecular flexibility index (Phi) is 5.39. The van der Waals surface area contributed by atoms with E-state index in [0.29, 0.717) is 16.3 Å². The molecule has 2 aromatic carbocycles. The third-order valence-electron chi connectivity index (χ3n) is 3.57. The number of nitrogens with zero attached hydrogens (tertiary/aromatic N) is 1. The van der Waals surface area contributed by atoms with Crippen LogP contribution in [0.2, 0.25) is 5.02 Å². The number of ether oxygens (including phenoxy) is 1. The smallest absolute Gasteiger partial charge is 0.293 e. The predicted molar refractivity (Wildman–Crippen MR) is 99.4 cm³/mol. The van der Waals surface area contributed by atoms with Crippen LogP contribution in [0.25, 0.3) is 6.08 Å². The Hall–Kier alpha value is -2.64. The van der Waals surface area contributed by atoms with Crippen LogP contribution >= 0.6 is 23.4 Å². The molecular weight excluding hydrogens is 378 g/mol. The van der Waals surface area contributed by atoms with E-state index >= 15 is 0 Å². The number of amides is 2. The second-order valence-electron chi connectivity index (χ2n) is 5.38. The summed E-state index contributed by atoms with van der Waals surface area (Å²) in [5.41, 5.74) is 0.503. The van der Waals surface area contributed by atoms with Crippen LogP contribution < -0.4 is 4.74 Å². The van der Waals surface area contributed by atoms with Gasteiger partial charge in [0.05, 0.1) is 11.4 Å². The molecule has 0 radical (unpaired) electrons. The summed E-state index contributed by atoms with van der Waals surface area (Å²) >= 11 is 6.61. The van der Waals surface area contributed by atoms with Crippen molar-refractivity contribution in [1.82, 2.24) is 4.90 Å². The maximum Gasteiger partial charge on any atom is 0.293 e. The van der Waals surface area contributed by atoms with Gasteiger partial charge in [-0.25, -0.2) is 0 Å².